The topological polar surface area (TPSA) is 13.1 Å². The predicted octanol–water partition coefficient (Wildman–Crippen LogP) is 13.2. The first kappa shape index (κ1) is 27.2. The van der Waals surface area contributed by atoms with Gasteiger partial charge >= 0.3 is 0 Å². The standard InChI is InChI=1S/C47H32O/c1-47(2)40-20-9-7-14-34(40)37-18-11-19-39(45(37)47)43-36-16-6-5-15-35(36)42(44-38-17-8-10-21-41(38)48-46(43)44)31-25-22-30(23-26-31)33-27-24-29-12-3-4-13-32(29)28-33/h3-28H,1-2H3. The Morgan fingerprint density at radius 2 is 1.04 bits per heavy atom. The van der Waals surface area contributed by atoms with Gasteiger partial charge in [-0.2, -0.15) is 0 Å². The number of furan rings is 1. The largest absolute Gasteiger partial charge is 0.455 e. The first-order valence-electron chi connectivity index (χ1n) is 16.8. The van der Waals surface area contributed by atoms with E-state index >= 15 is 0 Å². The van der Waals surface area contributed by atoms with Gasteiger partial charge in [0.1, 0.15) is 11.2 Å². The second-order valence-corrected chi connectivity index (χ2v) is 13.6. The van der Waals surface area contributed by atoms with Gasteiger partial charge in [-0.05, 0) is 78.2 Å². The molecule has 1 heteroatoms. The monoisotopic (exact) mass is 612 g/mol. The van der Waals surface area contributed by atoms with Crippen molar-refractivity contribution in [1.29, 1.82) is 0 Å². The average molecular weight is 613 g/mol. The summed E-state index contributed by atoms with van der Waals surface area (Å²) >= 11 is 0. The third kappa shape index (κ3) is 3.79. The summed E-state index contributed by atoms with van der Waals surface area (Å²) in [7, 11) is 0. The Morgan fingerprint density at radius 1 is 0.438 bits per heavy atom. The summed E-state index contributed by atoms with van der Waals surface area (Å²) in [6.45, 7) is 4.73. The van der Waals surface area contributed by atoms with E-state index in [2.05, 4.69) is 172 Å². The van der Waals surface area contributed by atoms with Gasteiger partial charge in [0.05, 0.1) is 0 Å². The van der Waals surface area contributed by atoms with Crippen molar-refractivity contribution in [1.82, 2.24) is 0 Å². The lowest BCUT2D eigenvalue weighted by Crippen LogP contribution is -2.16. The molecule has 0 atom stereocenters. The zero-order valence-corrected chi connectivity index (χ0v) is 26.9. The lowest BCUT2D eigenvalue weighted by Gasteiger charge is -2.25. The molecule has 0 bridgehead atoms. The molecule has 0 spiro atoms. The third-order valence-corrected chi connectivity index (χ3v) is 10.6. The van der Waals surface area contributed by atoms with E-state index < -0.39 is 0 Å². The molecule has 226 valence electrons. The van der Waals surface area contributed by atoms with Crippen molar-refractivity contribution in [2.45, 2.75) is 19.3 Å². The second-order valence-electron chi connectivity index (χ2n) is 13.6. The van der Waals surface area contributed by atoms with Gasteiger partial charge in [0.2, 0.25) is 0 Å². The molecule has 0 amide bonds. The number of fused-ring (bicyclic) bond motifs is 8. The normalized spacial score (nSPS) is 13.4. The van der Waals surface area contributed by atoms with Crippen LogP contribution in [0.3, 0.4) is 0 Å². The summed E-state index contributed by atoms with van der Waals surface area (Å²) in [5, 5.41) is 7.27. The van der Waals surface area contributed by atoms with Crippen LogP contribution in [0.4, 0.5) is 0 Å². The molecule has 0 unspecified atom stereocenters. The molecular formula is C47H32O. The molecule has 0 saturated heterocycles. The maximum Gasteiger partial charge on any atom is 0.144 e. The first-order valence-corrected chi connectivity index (χ1v) is 16.8. The Kier molecular flexibility index (Phi) is 5.69. The van der Waals surface area contributed by atoms with Crippen LogP contribution in [0.25, 0.3) is 88.0 Å². The smallest absolute Gasteiger partial charge is 0.144 e. The fourth-order valence-electron chi connectivity index (χ4n) is 8.47. The van der Waals surface area contributed by atoms with E-state index in [1.54, 1.807) is 0 Å². The van der Waals surface area contributed by atoms with E-state index in [1.165, 1.54) is 82.6 Å². The molecule has 9 aromatic rings. The van der Waals surface area contributed by atoms with E-state index in [0.717, 1.165) is 16.6 Å². The fraction of sp³-hybridized carbons (Fsp3) is 0.0638. The molecular weight excluding hydrogens is 581 g/mol. The van der Waals surface area contributed by atoms with E-state index in [9.17, 15) is 0 Å². The zero-order chi connectivity index (χ0) is 32.0. The van der Waals surface area contributed by atoms with Crippen LogP contribution in [0, 0.1) is 0 Å². The second kappa shape index (κ2) is 10.0. The average Bonchev–Trinajstić information content (AvgIpc) is 3.63. The molecule has 0 saturated carbocycles. The third-order valence-electron chi connectivity index (χ3n) is 10.6. The SMILES string of the molecule is CC1(C)c2ccccc2-c2cccc(-c3c4ccccc4c(-c4ccc(-c5ccc6ccccc6c5)cc4)c4c3oc3ccccc34)c21. The van der Waals surface area contributed by atoms with Crippen LogP contribution in [0.15, 0.2) is 162 Å². The van der Waals surface area contributed by atoms with E-state index in [0.29, 0.717) is 0 Å². The van der Waals surface area contributed by atoms with Gasteiger partial charge in [0, 0.05) is 27.3 Å². The maximum absolute atomic E-state index is 6.95. The van der Waals surface area contributed by atoms with Crippen LogP contribution >= 0.6 is 0 Å². The fourth-order valence-corrected chi connectivity index (χ4v) is 8.47. The van der Waals surface area contributed by atoms with Crippen LogP contribution in [0.1, 0.15) is 25.0 Å². The summed E-state index contributed by atoms with van der Waals surface area (Å²) in [6.07, 6.45) is 0. The van der Waals surface area contributed by atoms with Gasteiger partial charge in [-0.25, -0.2) is 0 Å². The van der Waals surface area contributed by atoms with Crippen LogP contribution < -0.4 is 0 Å². The van der Waals surface area contributed by atoms with Crippen LogP contribution in [0.2, 0.25) is 0 Å². The molecule has 0 aliphatic heterocycles. The molecule has 1 aromatic heterocycles. The lowest BCUT2D eigenvalue weighted by molar-refractivity contribution is 0.659. The first-order chi connectivity index (χ1) is 23.6. The predicted molar refractivity (Wildman–Crippen MR) is 203 cm³/mol. The van der Waals surface area contributed by atoms with E-state index in [1.807, 2.05) is 0 Å². The Labute approximate surface area is 279 Å². The molecule has 1 aliphatic rings. The Balaban J connectivity index is 1.26. The number of para-hydroxylation sites is 1. The minimum atomic E-state index is -0.154. The van der Waals surface area contributed by atoms with Crippen molar-refractivity contribution in [2.24, 2.45) is 0 Å². The van der Waals surface area contributed by atoms with Crippen LogP contribution in [-0.4, -0.2) is 0 Å². The maximum atomic E-state index is 6.95. The molecule has 0 N–H and O–H groups in total. The minimum absolute atomic E-state index is 0.154. The van der Waals surface area contributed by atoms with Crippen LogP contribution in [0.5, 0.6) is 0 Å². The van der Waals surface area contributed by atoms with Gasteiger partial charge in [0.25, 0.3) is 0 Å². The molecule has 0 radical (unpaired) electrons. The summed E-state index contributed by atoms with van der Waals surface area (Å²) in [5.74, 6) is 0. The molecule has 1 nitrogen and oxygen atoms in total. The quantitative estimate of drug-likeness (QED) is 0.193. The van der Waals surface area contributed by atoms with Crippen LogP contribution in [-0.2, 0) is 5.41 Å². The van der Waals surface area contributed by atoms with E-state index in [-0.39, 0.29) is 5.41 Å². The lowest BCUT2D eigenvalue weighted by atomic mass is 9.77. The van der Waals surface area contributed by atoms with Gasteiger partial charge in [-0.3, -0.25) is 0 Å². The highest BCUT2D eigenvalue weighted by atomic mass is 16.3. The number of rotatable bonds is 3. The van der Waals surface area contributed by atoms with Crippen molar-refractivity contribution >= 4 is 43.5 Å². The van der Waals surface area contributed by atoms with Crippen molar-refractivity contribution in [2.75, 3.05) is 0 Å². The molecule has 48 heavy (non-hydrogen) atoms. The highest BCUT2D eigenvalue weighted by Gasteiger charge is 2.38. The van der Waals surface area contributed by atoms with Gasteiger partial charge in [-0.15, -0.1) is 0 Å². The summed E-state index contributed by atoms with van der Waals surface area (Å²) in [5.41, 5.74) is 14.3. The Morgan fingerprint density at radius 3 is 1.88 bits per heavy atom. The Hall–Kier alpha value is -5.92. The van der Waals surface area contributed by atoms with Crippen molar-refractivity contribution < 1.29 is 4.42 Å². The van der Waals surface area contributed by atoms with Crippen molar-refractivity contribution in [3.05, 3.63) is 169 Å². The summed E-state index contributed by atoms with van der Waals surface area (Å²) in [6, 6.07) is 57.5. The number of benzene rings is 8. The molecule has 10 rings (SSSR count). The van der Waals surface area contributed by atoms with Gasteiger partial charge in [0.15, 0.2) is 0 Å². The Bertz CT molecular complexity index is 2740. The van der Waals surface area contributed by atoms with E-state index in [4.69, 9.17) is 4.42 Å². The minimum Gasteiger partial charge on any atom is -0.455 e. The zero-order valence-electron chi connectivity index (χ0n) is 26.9. The highest BCUT2D eigenvalue weighted by molar-refractivity contribution is 6.27. The highest BCUT2D eigenvalue weighted by Crippen LogP contribution is 2.55. The summed E-state index contributed by atoms with van der Waals surface area (Å²) in [4.78, 5) is 0. The molecule has 1 aliphatic carbocycles. The van der Waals surface area contributed by atoms with Gasteiger partial charge in [-0.1, -0.05) is 159 Å². The molecule has 8 aromatic carbocycles. The molecule has 1 heterocycles. The number of hydrogen-bond acceptors (Lipinski definition) is 1. The number of hydrogen-bond donors (Lipinski definition) is 0. The van der Waals surface area contributed by atoms with Crippen molar-refractivity contribution in [3.8, 4) is 44.5 Å². The molecule has 0 fully saturated rings. The van der Waals surface area contributed by atoms with Crippen molar-refractivity contribution in [3.63, 3.8) is 0 Å². The van der Waals surface area contributed by atoms with Gasteiger partial charge < -0.3 is 4.42 Å². The summed E-state index contributed by atoms with van der Waals surface area (Å²) < 4.78 is 6.95.